The molecular weight excluding hydrogens is 230 g/mol. The van der Waals surface area contributed by atoms with Crippen LogP contribution >= 0.6 is 0 Å². The molecule has 5 heteroatoms. The Hall–Kier alpha value is -2.69. The monoisotopic (exact) mass is 239 g/mol. The third-order valence-electron chi connectivity index (χ3n) is 2.59. The SMILES string of the molecule is O/N=c1/cc(-c2ccncn2)oc2ccccc12. The summed E-state index contributed by atoms with van der Waals surface area (Å²) >= 11 is 0. The number of fused-ring (bicyclic) bond motifs is 1. The van der Waals surface area contributed by atoms with Crippen molar-refractivity contribution in [2.24, 2.45) is 5.16 Å². The summed E-state index contributed by atoms with van der Waals surface area (Å²) in [4.78, 5) is 7.95. The zero-order valence-electron chi connectivity index (χ0n) is 9.32. The molecule has 0 saturated heterocycles. The Morgan fingerprint density at radius 1 is 1.17 bits per heavy atom. The zero-order chi connectivity index (χ0) is 12.4. The summed E-state index contributed by atoms with van der Waals surface area (Å²) in [6.07, 6.45) is 3.07. The van der Waals surface area contributed by atoms with Crippen LogP contribution in [0, 0.1) is 0 Å². The van der Waals surface area contributed by atoms with Crippen LogP contribution in [-0.2, 0) is 0 Å². The number of nitrogens with zero attached hydrogens (tertiary/aromatic N) is 3. The van der Waals surface area contributed by atoms with Gasteiger partial charge in [-0.15, -0.1) is 0 Å². The van der Waals surface area contributed by atoms with Crippen LogP contribution in [0.3, 0.4) is 0 Å². The smallest absolute Gasteiger partial charge is 0.155 e. The van der Waals surface area contributed by atoms with Crippen molar-refractivity contribution in [2.75, 3.05) is 0 Å². The lowest BCUT2D eigenvalue weighted by Crippen LogP contribution is -2.03. The van der Waals surface area contributed by atoms with Crippen molar-refractivity contribution in [3.63, 3.8) is 0 Å². The number of para-hydroxylation sites is 1. The molecule has 0 aliphatic heterocycles. The zero-order valence-corrected chi connectivity index (χ0v) is 9.32. The van der Waals surface area contributed by atoms with Gasteiger partial charge >= 0.3 is 0 Å². The van der Waals surface area contributed by atoms with Gasteiger partial charge in [0, 0.05) is 17.6 Å². The molecule has 2 heterocycles. The molecule has 0 radical (unpaired) electrons. The summed E-state index contributed by atoms with van der Waals surface area (Å²) in [5.74, 6) is 0.531. The molecular formula is C13H9N3O2. The molecule has 0 atom stereocenters. The summed E-state index contributed by atoms with van der Waals surface area (Å²) < 4.78 is 5.73. The van der Waals surface area contributed by atoms with E-state index in [1.165, 1.54) is 6.33 Å². The number of benzene rings is 1. The molecule has 0 fully saturated rings. The second-order valence-electron chi connectivity index (χ2n) is 3.69. The fraction of sp³-hybridized carbons (Fsp3) is 0. The third-order valence-corrected chi connectivity index (χ3v) is 2.59. The Bertz CT molecular complexity index is 751. The summed E-state index contributed by atoms with van der Waals surface area (Å²) in [5, 5.41) is 13.5. The van der Waals surface area contributed by atoms with Crippen molar-refractivity contribution in [3.8, 4) is 11.5 Å². The highest BCUT2D eigenvalue weighted by molar-refractivity contribution is 5.77. The van der Waals surface area contributed by atoms with Crippen LogP contribution in [0.25, 0.3) is 22.4 Å². The van der Waals surface area contributed by atoms with Crippen LogP contribution in [0.2, 0.25) is 0 Å². The van der Waals surface area contributed by atoms with Crippen LogP contribution < -0.4 is 5.36 Å². The highest BCUT2D eigenvalue weighted by atomic mass is 16.4. The molecule has 0 unspecified atom stereocenters. The minimum atomic E-state index is 0.450. The van der Waals surface area contributed by atoms with E-state index in [-0.39, 0.29) is 0 Å². The van der Waals surface area contributed by atoms with Crippen LogP contribution in [0.15, 0.2) is 58.5 Å². The minimum absolute atomic E-state index is 0.450. The second kappa shape index (κ2) is 4.29. The Kier molecular flexibility index (Phi) is 2.49. The molecule has 1 N–H and O–H groups in total. The summed E-state index contributed by atoms with van der Waals surface area (Å²) in [5.41, 5.74) is 1.28. The maximum absolute atomic E-state index is 9.06. The van der Waals surface area contributed by atoms with Gasteiger partial charge in [0.1, 0.15) is 23.0 Å². The highest BCUT2D eigenvalue weighted by Crippen LogP contribution is 2.19. The number of aromatic nitrogens is 2. The normalized spacial score (nSPS) is 11.9. The van der Waals surface area contributed by atoms with Crippen molar-refractivity contribution in [1.82, 2.24) is 9.97 Å². The van der Waals surface area contributed by atoms with E-state index in [4.69, 9.17) is 9.62 Å². The van der Waals surface area contributed by atoms with Gasteiger partial charge in [0.25, 0.3) is 0 Å². The van der Waals surface area contributed by atoms with Crippen LogP contribution in [-0.4, -0.2) is 15.2 Å². The van der Waals surface area contributed by atoms with Gasteiger partial charge in [0.15, 0.2) is 5.76 Å². The lowest BCUT2D eigenvalue weighted by molar-refractivity contribution is 0.302. The maximum Gasteiger partial charge on any atom is 0.155 e. The van der Waals surface area contributed by atoms with Crippen molar-refractivity contribution < 1.29 is 9.62 Å². The molecule has 0 saturated carbocycles. The average Bonchev–Trinajstić information content (AvgIpc) is 2.47. The Labute approximate surface area is 102 Å². The van der Waals surface area contributed by atoms with Crippen LogP contribution in [0.1, 0.15) is 0 Å². The molecule has 0 amide bonds. The highest BCUT2D eigenvalue weighted by Gasteiger charge is 2.06. The molecule has 0 bridgehead atoms. The van der Waals surface area contributed by atoms with Gasteiger partial charge in [-0.2, -0.15) is 0 Å². The molecule has 88 valence electrons. The number of hydrogen-bond acceptors (Lipinski definition) is 5. The van der Waals surface area contributed by atoms with E-state index in [1.54, 1.807) is 18.3 Å². The van der Waals surface area contributed by atoms with Crippen LogP contribution in [0.5, 0.6) is 0 Å². The van der Waals surface area contributed by atoms with Gasteiger partial charge < -0.3 is 9.62 Å². The number of hydrogen-bond donors (Lipinski definition) is 1. The fourth-order valence-electron chi connectivity index (χ4n) is 1.76. The lowest BCUT2D eigenvalue weighted by Gasteiger charge is -2.02. The predicted octanol–water partition coefficient (Wildman–Crippen LogP) is 2.18. The van der Waals surface area contributed by atoms with Gasteiger partial charge in [-0.05, 0) is 18.2 Å². The maximum atomic E-state index is 9.06. The van der Waals surface area contributed by atoms with E-state index in [0.29, 0.717) is 22.4 Å². The van der Waals surface area contributed by atoms with Crippen molar-refractivity contribution in [2.45, 2.75) is 0 Å². The van der Waals surface area contributed by atoms with Crippen LogP contribution in [0.4, 0.5) is 0 Å². The third kappa shape index (κ3) is 1.71. The molecule has 3 aromatic rings. The van der Waals surface area contributed by atoms with Gasteiger partial charge in [0.05, 0.1) is 0 Å². The molecule has 18 heavy (non-hydrogen) atoms. The predicted molar refractivity (Wildman–Crippen MR) is 64.6 cm³/mol. The molecule has 0 aliphatic carbocycles. The summed E-state index contributed by atoms with van der Waals surface area (Å²) in [6, 6.07) is 10.7. The Morgan fingerprint density at radius 2 is 2.06 bits per heavy atom. The second-order valence-corrected chi connectivity index (χ2v) is 3.69. The average molecular weight is 239 g/mol. The van der Waals surface area contributed by atoms with Crippen molar-refractivity contribution in [3.05, 3.63) is 54.3 Å². The molecule has 0 spiro atoms. The Balaban J connectivity index is 2.34. The molecule has 3 rings (SSSR count). The quantitative estimate of drug-likeness (QED) is 0.522. The van der Waals surface area contributed by atoms with E-state index in [0.717, 1.165) is 5.39 Å². The lowest BCUT2D eigenvalue weighted by atomic mass is 10.2. The largest absolute Gasteiger partial charge is 0.454 e. The first-order chi connectivity index (χ1) is 8.88. The molecule has 1 aromatic carbocycles. The first kappa shape index (κ1) is 10.5. The Morgan fingerprint density at radius 3 is 2.83 bits per heavy atom. The summed E-state index contributed by atoms with van der Waals surface area (Å²) in [7, 11) is 0. The van der Waals surface area contributed by atoms with Crippen molar-refractivity contribution in [1.29, 1.82) is 0 Å². The fourth-order valence-corrected chi connectivity index (χ4v) is 1.76. The summed E-state index contributed by atoms with van der Waals surface area (Å²) in [6.45, 7) is 0. The van der Waals surface area contributed by atoms with E-state index < -0.39 is 0 Å². The van der Waals surface area contributed by atoms with E-state index in [1.807, 2.05) is 24.3 Å². The minimum Gasteiger partial charge on any atom is -0.454 e. The topological polar surface area (TPSA) is 71.5 Å². The van der Waals surface area contributed by atoms with Gasteiger partial charge in [-0.1, -0.05) is 17.3 Å². The van der Waals surface area contributed by atoms with Crippen molar-refractivity contribution >= 4 is 11.0 Å². The standard InChI is InChI=1S/C13H9N3O2/c17-16-11-7-13(10-5-6-14-8-15-10)18-12-4-2-1-3-9(11)12/h1-8,17H/b16-11-. The first-order valence-corrected chi connectivity index (χ1v) is 5.36. The van der Waals surface area contributed by atoms with E-state index in [9.17, 15) is 0 Å². The molecule has 0 aliphatic rings. The van der Waals surface area contributed by atoms with Gasteiger partial charge in [-0.3, -0.25) is 0 Å². The molecule has 2 aromatic heterocycles. The van der Waals surface area contributed by atoms with Gasteiger partial charge in [0.2, 0.25) is 0 Å². The van der Waals surface area contributed by atoms with Gasteiger partial charge in [-0.25, -0.2) is 9.97 Å². The van der Waals surface area contributed by atoms with E-state index >= 15 is 0 Å². The van der Waals surface area contributed by atoms with E-state index in [2.05, 4.69) is 15.1 Å². The first-order valence-electron chi connectivity index (χ1n) is 5.36. The number of rotatable bonds is 1. The molecule has 5 nitrogen and oxygen atoms in total.